The summed E-state index contributed by atoms with van der Waals surface area (Å²) in [5.41, 5.74) is 1.99. The zero-order valence-electron chi connectivity index (χ0n) is 15.2. The van der Waals surface area contributed by atoms with E-state index in [1.54, 1.807) is 14.2 Å². The molecule has 0 bridgehead atoms. The largest absolute Gasteiger partial charge is 0.496 e. The van der Waals surface area contributed by atoms with E-state index in [2.05, 4.69) is 15.6 Å². The van der Waals surface area contributed by atoms with Gasteiger partial charge >= 0.3 is 0 Å². The molecule has 0 amide bonds. The number of ether oxygens (including phenoxy) is 2. The van der Waals surface area contributed by atoms with Crippen molar-refractivity contribution in [2.75, 3.05) is 27.3 Å². The maximum Gasteiger partial charge on any atom is 0.191 e. The summed E-state index contributed by atoms with van der Waals surface area (Å²) in [6, 6.07) is 9.65. The molecule has 2 aromatic rings. The maximum atomic E-state index is 6.07. The molecule has 2 rings (SSSR count). The lowest BCUT2D eigenvalue weighted by Crippen LogP contribution is -2.38. The standard InChI is InChI=1S/C18H24Cl2N4O2/c1-21-18(23-11-14-10-15(19)17(20)24(14)2)22-8-9-26-12-13-6-4-5-7-16(13)25-3/h4-7,10H,8-9,11-12H2,1-3H3,(H2,21,22,23). The Balaban J connectivity index is 1.71. The molecule has 0 atom stereocenters. The lowest BCUT2D eigenvalue weighted by molar-refractivity contribution is 0.123. The summed E-state index contributed by atoms with van der Waals surface area (Å²) in [7, 11) is 5.24. The van der Waals surface area contributed by atoms with E-state index in [1.165, 1.54) is 0 Å². The number of nitrogens with zero attached hydrogens (tertiary/aromatic N) is 2. The minimum absolute atomic E-state index is 0.498. The third-order valence-corrected chi connectivity index (χ3v) is 4.71. The van der Waals surface area contributed by atoms with Crippen molar-refractivity contribution in [3.63, 3.8) is 0 Å². The van der Waals surface area contributed by atoms with E-state index in [-0.39, 0.29) is 0 Å². The molecule has 0 aliphatic rings. The minimum Gasteiger partial charge on any atom is -0.496 e. The molecular formula is C18H24Cl2N4O2. The van der Waals surface area contributed by atoms with E-state index in [0.717, 1.165) is 17.0 Å². The van der Waals surface area contributed by atoms with Crippen LogP contribution in [-0.2, 0) is 24.9 Å². The fourth-order valence-corrected chi connectivity index (χ4v) is 2.82. The SMILES string of the molecule is CN=C(NCCOCc1ccccc1OC)NCc1cc(Cl)c(Cl)n1C. The summed E-state index contributed by atoms with van der Waals surface area (Å²) in [6.45, 7) is 2.23. The molecule has 0 aliphatic carbocycles. The topological polar surface area (TPSA) is 59.8 Å². The van der Waals surface area contributed by atoms with E-state index in [1.807, 2.05) is 41.9 Å². The number of methoxy groups -OCH3 is 1. The summed E-state index contributed by atoms with van der Waals surface area (Å²) >= 11 is 12.1. The van der Waals surface area contributed by atoms with Crippen molar-refractivity contribution in [3.8, 4) is 5.75 Å². The highest BCUT2D eigenvalue weighted by Gasteiger charge is 2.09. The molecule has 0 saturated carbocycles. The van der Waals surface area contributed by atoms with Crippen LogP contribution < -0.4 is 15.4 Å². The van der Waals surface area contributed by atoms with Crippen molar-refractivity contribution in [1.29, 1.82) is 0 Å². The van der Waals surface area contributed by atoms with Gasteiger partial charge in [-0.2, -0.15) is 0 Å². The van der Waals surface area contributed by atoms with Crippen LogP contribution in [0.15, 0.2) is 35.3 Å². The Kier molecular flexibility index (Phi) is 8.09. The summed E-state index contributed by atoms with van der Waals surface area (Å²) in [5.74, 6) is 1.51. The quantitative estimate of drug-likeness (QED) is 0.407. The predicted octanol–water partition coefficient (Wildman–Crippen LogP) is 3.22. The number of guanidine groups is 1. The van der Waals surface area contributed by atoms with Crippen LogP contribution in [0.3, 0.4) is 0 Å². The van der Waals surface area contributed by atoms with Gasteiger partial charge < -0.3 is 24.7 Å². The molecule has 0 aliphatic heterocycles. The monoisotopic (exact) mass is 398 g/mol. The summed E-state index contributed by atoms with van der Waals surface area (Å²) < 4.78 is 12.8. The van der Waals surface area contributed by atoms with Crippen LogP contribution in [0.2, 0.25) is 10.2 Å². The van der Waals surface area contributed by atoms with Crippen LogP contribution in [0.4, 0.5) is 0 Å². The molecule has 0 unspecified atom stereocenters. The molecule has 0 spiro atoms. The molecule has 0 fully saturated rings. The van der Waals surface area contributed by atoms with Gasteiger partial charge in [0.25, 0.3) is 0 Å². The van der Waals surface area contributed by atoms with Crippen LogP contribution in [0.5, 0.6) is 5.75 Å². The highest BCUT2D eigenvalue weighted by molar-refractivity contribution is 6.41. The highest BCUT2D eigenvalue weighted by Crippen LogP contribution is 2.24. The van der Waals surface area contributed by atoms with Crippen molar-refractivity contribution in [1.82, 2.24) is 15.2 Å². The van der Waals surface area contributed by atoms with Crippen LogP contribution in [0.25, 0.3) is 0 Å². The number of hydrogen-bond donors (Lipinski definition) is 2. The first-order valence-corrected chi connectivity index (χ1v) is 8.96. The smallest absolute Gasteiger partial charge is 0.191 e. The predicted molar refractivity (Wildman–Crippen MR) is 106 cm³/mol. The zero-order chi connectivity index (χ0) is 18.9. The molecule has 8 heteroatoms. The van der Waals surface area contributed by atoms with Gasteiger partial charge in [0.15, 0.2) is 5.96 Å². The first-order chi connectivity index (χ1) is 12.6. The number of benzene rings is 1. The number of hydrogen-bond acceptors (Lipinski definition) is 3. The third kappa shape index (κ3) is 5.56. The number of para-hydroxylation sites is 1. The molecule has 0 saturated heterocycles. The summed E-state index contributed by atoms with van der Waals surface area (Å²) in [5, 5.41) is 7.49. The fraction of sp³-hybridized carbons (Fsp3) is 0.389. The van der Waals surface area contributed by atoms with Gasteiger partial charge in [-0.1, -0.05) is 41.4 Å². The number of halogens is 2. The Morgan fingerprint density at radius 1 is 1.23 bits per heavy atom. The second-order valence-electron chi connectivity index (χ2n) is 5.55. The van der Waals surface area contributed by atoms with Gasteiger partial charge in [0.2, 0.25) is 0 Å². The van der Waals surface area contributed by atoms with E-state index in [4.69, 9.17) is 32.7 Å². The summed E-state index contributed by atoms with van der Waals surface area (Å²) in [4.78, 5) is 4.19. The van der Waals surface area contributed by atoms with E-state index >= 15 is 0 Å². The molecule has 2 N–H and O–H groups in total. The van der Waals surface area contributed by atoms with E-state index < -0.39 is 0 Å². The highest BCUT2D eigenvalue weighted by atomic mass is 35.5. The fourth-order valence-electron chi connectivity index (χ4n) is 2.40. The Labute approximate surface area is 164 Å². The second kappa shape index (κ2) is 10.3. The maximum absolute atomic E-state index is 6.07. The van der Waals surface area contributed by atoms with Crippen molar-refractivity contribution in [2.24, 2.45) is 12.0 Å². The lowest BCUT2D eigenvalue weighted by Gasteiger charge is -2.13. The van der Waals surface area contributed by atoms with Crippen molar-refractivity contribution in [3.05, 3.63) is 51.8 Å². The average Bonchev–Trinajstić information content (AvgIpc) is 2.91. The molecule has 0 radical (unpaired) electrons. The molecule has 1 aromatic carbocycles. The van der Waals surface area contributed by atoms with Crippen LogP contribution in [0.1, 0.15) is 11.3 Å². The number of nitrogens with one attached hydrogen (secondary N) is 2. The van der Waals surface area contributed by atoms with Gasteiger partial charge in [0.05, 0.1) is 31.9 Å². The van der Waals surface area contributed by atoms with Crippen molar-refractivity contribution >= 4 is 29.2 Å². The Bertz CT molecular complexity index is 747. The van der Waals surface area contributed by atoms with Crippen molar-refractivity contribution in [2.45, 2.75) is 13.2 Å². The third-order valence-electron chi connectivity index (χ3n) is 3.87. The van der Waals surface area contributed by atoms with Crippen LogP contribution in [0, 0.1) is 0 Å². The molecular weight excluding hydrogens is 375 g/mol. The molecule has 1 heterocycles. The normalized spacial score (nSPS) is 11.5. The van der Waals surface area contributed by atoms with E-state index in [9.17, 15) is 0 Å². The molecule has 1 aromatic heterocycles. The second-order valence-corrected chi connectivity index (χ2v) is 6.32. The first-order valence-electron chi connectivity index (χ1n) is 8.20. The molecule has 6 nitrogen and oxygen atoms in total. The van der Waals surface area contributed by atoms with Crippen LogP contribution in [-0.4, -0.2) is 37.8 Å². The van der Waals surface area contributed by atoms with Gasteiger partial charge in [0.1, 0.15) is 10.9 Å². The van der Waals surface area contributed by atoms with E-state index in [0.29, 0.717) is 42.4 Å². The van der Waals surface area contributed by atoms with Gasteiger partial charge in [0, 0.05) is 31.9 Å². The number of aliphatic imine (C=N–C) groups is 1. The lowest BCUT2D eigenvalue weighted by atomic mass is 10.2. The number of aromatic nitrogens is 1. The summed E-state index contributed by atoms with van der Waals surface area (Å²) in [6.07, 6.45) is 0. The Morgan fingerprint density at radius 3 is 2.65 bits per heavy atom. The van der Waals surface area contributed by atoms with Gasteiger partial charge in [-0.25, -0.2) is 0 Å². The molecule has 26 heavy (non-hydrogen) atoms. The minimum atomic E-state index is 0.498. The average molecular weight is 399 g/mol. The van der Waals surface area contributed by atoms with Crippen LogP contribution >= 0.6 is 23.2 Å². The van der Waals surface area contributed by atoms with Gasteiger partial charge in [-0.15, -0.1) is 0 Å². The van der Waals surface area contributed by atoms with Crippen molar-refractivity contribution < 1.29 is 9.47 Å². The first kappa shape index (κ1) is 20.4. The Morgan fingerprint density at radius 2 is 2.00 bits per heavy atom. The van der Waals surface area contributed by atoms with Gasteiger partial charge in [-0.3, -0.25) is 4.99 Å². The van der Waals surface area contributed by atoms with Gasteiger partial charge in [-0.05, 0) is 12.1 Å². The Hall–Kier alpha value is -1.89. The zero-order valence-corrected chi connectivity index (χ0v) is 16.7. The molecule has 142 valence electrons. The number of rotatable bonds is 8.